The molecule has 110 valence electrons. The summed E-state index contributed by atoms with van der Waals surface area (Å²) in [7, 11) is 0. The molecule has 0 aromatic heterocycles. The van der Waals surface area contributed by atoms with E-state index in [0.717, 1.165) is 32.3 Å². The number of ether oxygens (including phenoxy) is 2. The van der Waals surface area contributed by atoms with Gasteiger partial charge in [0, 0.05) is 12.6 Å². The monoisotopic (exact) mass is 269 g/mol. The van der Waals surface area contributed by atoms with E-state index in [1.807, 2.05) is 0 Å². The SMILES string of the molecule is CC1(C)CCC(NC(=O)COC[C@H]2CCCO2)CC1. The highest BCUT2D eigenvalue weighted by molar-refractivity contribution is 5.77. The van der Waals surface area contributed by atoms with Gasteiger partial charge in [0.15, 0.2) is 0 Å². The lowest BCUT2D eigenvalue weighted by Gasteiger charge is -2.34. The van der Waals surface area contributed by atoms with E-state index in [1.165, 1.54) is 12.8 Å². The molecule has 1 aliphatic heterocycles. The summed E-state index contributed by atoms with van der Waals surface area (Å²) in [6.45, 7) is 6.15. The summed E-state index contributed by atoms with van der Waals surface area (Å²) in [6.07, 6.45) is 6.92. The molecule has 19 heavy (non-hydrogen) atoms. The van der Waals surface area contributed by atoms with Gasteiger partial charge in [-0.3, -0.25) is 4.79 Å². The van der Waals surface area contributed by atoms with E-state index in [4.69, 9.17) is 9.47 Å². The first-order valence-corrected chi connectivity index (χ1v) is 7.54. The number of carbonyl (C=O) groups is 1. The minimum Gasteiger partial charge on any atom is -0.376 e. The van der Waals surface area contributed by atoms with E-state index in [-0.39, 0.29) is 18.6 Å². The number of carbonyl (C=O) groups excluding carboxylic acids is 1. The first-order valence-electron chi connectivity index (χ1n) is 7.54. The predicted octanol–water partition coefficient (Wildman–Crippen LogP) is 2.27. The summed E-state index contributed by atoms with van der Waals surface area (Å²) in [6, 6.07) is 0.340. The van der Waals surface area contributed by atoms with Gasteiger partial charge in [0.1, 0.15) is 6.61 Å². The summed E-state index contributed by atoms with van der Waals surface area (Å²) >= 11 is 0. The first-order chi connectivity index (χ1) is 9.05. The molecule has 0 spiro atoms. The zero-order valence-electron chi connectivity index (χ0n) is 12.2. The van der Waals surface area contributed by atoms with Gasteiger partial charge in [-0.05, 0) is 43.9 Å². The van der Waals surface area contributed by atoms with Crippen LogP contribution in [0.25, 0.3) is 0 Å². The molecule has 1 saturated heterocycles. The minimum atomic E-state index is 0.0164. The van der Waals surface area contributed by atoms with Crippen LogP contribution in [0.1, 0.15) is 52.4 Å². The van der Waals surface area contributed by atoms with Crippen molar-refractivity contribution in [3.8, 4) is 0 Å². The van der Waals surface area contributed by atoms with Crippen molar-refractivity contribution in [3.63, 3.8) is 0 Å². The maximum absolute atomic E-state index is 11.8. The summed E-state index contributed by atoms with van der Waals surface area (Å²) < 4.78 is 10.9. The summed E-state index contributed by atoms with van der Waals surface area (Å²) in [5.74, 6) is 0.0164. The maximum atomic E-state index is 11.8. The molecule has 2 rings (SSSR count). The number of hydrogen-bond donors (Lipinski definition) is 1. The first kappa shape index (κ1) is 14.8. The van der Waals surface area contributed by atoms with Crippen molar-refractivity contribution in [3.05, 3.63) is 0 Å². The van der Waals surface area contributed by atoms with Crippen molar-refractivity contribution < 1.29 is 14.3 Å². The van der Waals surface area contributed by atoms with E-state index < -0.39 is 0 Å². The second kappa shape index (κ2) is 6.71. The molecule has 1 saturated carbocycles. The molecule has 2 fully saturated rings. The Morgan fingerprint density at radius 1 is 1.32 bits per heavy atom. The fraction of sp³-hybridized carbons (Fsp3) is 0.933. The Morgan fingerprint density at radius 3 is 2.68 bits per heavy atom. The number of hydrogen-bond acceptors (Lipinski definition) is 3. The van der Waals surface area contributed by atoms with Gasteiger partial charge in [0.05, 0.1) is 12.7 Å². The van der Waals surface area contributed by atoms with Crippen LogP contribution in [-0.2, 0) is 14.3 Å². The largest absolute Gasteiger partial charge is 0.376 e. The molecule has 1 atom stereocenters. The van der Waals surface area contributed by atoms with E-state index in [1.54, 1.807) is 0 Å². The van der Waals surface area contributed by atoms with Crippen LogP contribution in [0, 0.1) is 5.41 Å². The van der Waals surface area contributed by atoms with E-state index >= 15 is 0 Å². The second-order valence-corrected chi connectivity index (χ2v) is 6.66. The Bertz CT molecular complexity index is 288. The van der Waals surface area contributed by atoms with Gasteiger partial charge >= 0.3 is 0 Å². The van der Waals surface area contributed by atoms with Crippen LogP contribution in [0.5, 0.6) is 0 Å². The van der Waals surface area contributed by atoms with E-state index in [2.05, 4.69) is 19.2 Å². The van der Waals surface area contributed by atoms with E-state index in [9.17, 15) is 4.79 Å². The van der Waals surface area contributed by atoms with Gasteiger partial charge in [0.25, 0.3) is 0 Å². The number of nitrogens with one attached hydrogen (secondary N) is 1. The van der Waals surface area contributed by atoms with Crippen molar-refractivity contribution in [1.82, 2.24) is 5.32 Å². The third-order valence-corrected chi connectivity index (χ3v) is 4.27. The van der Waals surface area contributed by atoms with Crippen LogP contribution in [0.4, 0.5) is 0 Å². The Labute approximate surface area is 116 Å². The molecular weight excluding hydrogens is 242 g/mol. The predicted molar refractivity (Wildman–Crippen MR) is 74.0 cm³/mol. The highest BCUT2D eigenvalue weighted by atomic mass is 16.5. The molecule has 1 amide bonds. The molecule has 0 radical (unpaired) electrons. The third kappa shape index (κ3) is 5.11. The minimum absolute atomic E-state index is 0.0164. The van der Waals surface area contributed by atoms with Crippen molar-refractivity contribution in [2.75, 3.05) is 19.8 Å². The standard InChI is InChI=1S/C15H27NO3/c1-15(2)7-5-12(6-8-15)16-14(17)11-18-10-13-4-3-9-19-13/h12-13H,3-11H2,1-2H3,(H,16,17)/t13-/m1/s1. The Kier molecular flexibility index (Phi) is 5.22. The zero-order chi connectivity index (χ0) is 13.7. The van der Waals surface area contributed by atoms with Gasteiger partial charge in [-0.1, -0.05) is 13.8 Å². The van der Waals surface area contributed by atoms with Crippen LogP contribution in [-0.4, -0.2) is 37.9 Å². The van der Waals surface area contributed by atoms with Crippen LogP contribution >= 0.6 is 0 Å². The molecule has 1 N–H and O–H groups in total. The third-order valence-electron chi connectivity index (χ3n) is 4.27. The Morgan fingerprint density at radius 2 is 2.05 bits per heavy atom. The molecular formula is C15H27NO3. The molecule has 1 aliphatic carbocycles. The molecule has 0 bridgehead atoms. The molecule has 0 unspecified atom stereocenters. The second-order valence-electron chi connectivity index (χ2n) is 6.66. The Hall–Kier alpha value is -0.610. The molecule has 4 nitrogen and oxygen atoms in total. The number of rotatable bonds is 5. The summed E-state index contributed by atoms with van der Waals surface area (Å²) in [5, 5.41) is 3.08. The van der Waals surface area contributed by atoms with Gasteiger partial charge < -0.3 is 14.8 Å². The average Bonchev–Trinajstić information content (AvgIpc) is 2.85. The summed E-state index contributed by atoms with van der Waals surface area (Å²) in [4.78, 5) is 11.8. The van der Waals surface area contributed by atoms with Gasteiger partial charge in [-0.2, -0.15) is 0 Å². The van der Waals surface area contributed by atoms with Gasteiger partial charge in [-0.25, -0.2) is 0 Å². The van der Waals surface area contributed by atoms with Gasteiger partial charge in [0.2, 0.25) is 5.91 Å². The summed E-state index contributed by atoms with van der Waals surface area (Å²) in [5.41, 5.74) is 0.442. The average molecular weight is 269 g/mol. The van der Waals surface area contributed by atoms with Crippen LogP contribution in [0.15, 0.2) is 0 Å². The number of amides is 1. The molecule has 2 aliphatic rings. The fourth-order valence-electron chi connectivity index (χ4n) is 2.87. The van der Waals surface area contributed by atoms with Gasteiger partial charge in [-0.15, -0.1) is 0 Å². The normalized spacial score (nSPS) is 27.4. The fourth-order valence-corrected chi connectivity index (χ4v) is 2.87. The van der Waals surface area contributed by atoms with Crippen molar-refractivity contribution in [2.45, 2.75) is 64.5 Å². The molecule has 4 heteroatoms. The lowest BCUT2D eigenvalue weighted by Crippen LogP contribution is -2.41. The van der Waals surface area contributed by atoms with Crippen LogP contribution in [0.2, 0.25) is 0 Å². The van der Waals surface area contributed by atoms with Crippen molar-refractivity contribution >= 4 is 5.91 Å². The molecule has 1 heterocycles. The van der Waals surface area contributed by atoms with Crippen LogP contribution in [0.3, 0.4) is 0 Å². The van der Waals surface area contributed by atoms with Crippen LogP contribution < -0.4 is 5.32 Å². The Balaban J connectivity index is 1.56. The van der Waals surface area contributed by atoms with Crippen molar-refractivity contribution in [1.29, 1.82) is 0 Å². The topological polar surface area (TPSA) is 47.6 Å². The smallest absolute Gasteiger partial charge is 0.246 e. The zero-order valence-corrected chi connectivity index (χ0v) is 12.2. The highest BCUT2D eigenvalue weighted by Crippen LogP contribution is 2.34. The lowest BCUT2D eigenvalue weighted by atomic mass is 9.75. The lowest BCUT2D eigenvalue weighted by molar-refractivity contribution is -0.127. The maximum Gasteiger partial charge on any atom is 0.246 e. The molecule has 0 aromatic rings. The molecule has 0 aromatic carbocycles. The quantitative estimate of drug-likeness (QED) is 0.833. The highest BCUT2D eigenvalue weighted by Gasteiger charge is 2.27. The van der Waals surface area contributed by atoms with E-state index in [0.29, 0.717) is 18.1 Å². The van der Waals surface area contributed by atoms with Crippen molar-refractivity contribution in [2.24, 2.45) is 5.41 Å².